The fourth-order valence-electron chi connectivity index (χ4n) is 4.24. The molecule has 2 heterocycles. The van der Waals surface area contributed by atoms with E-state index in [1.165, 1.54) is 6.26 Å². The van der Waals surface area contributed by atoms with E-state index >= 15 is 0 Å². The van der Waals surface area contributed by atoms with Crippen molar-refractivity contribution in [1.29, 1.82) is 0 Å². The first kappa shape index (κ1) is 27.3. The number of rotatable bonds is 8. The second kappa shape index (κ2) is 10.6. The van der Waals surface area contributed by atoms with Crippen LogP contribution in [0.5, 0.6) is 0 Å². The van der Waals surface area contributed by atoms with Crippen molar-refractivity contribution in [3.63, 3.8) is 0 Å². The van der Waals surface area contributed by atoms with E-state index < -0.39 is 9.84 Å². The van der Waals surface area contributed by atoms with Gasteiger partial charge in [0.15, 0.2) is 9.84 Å². The average molecular weight is 536 g/mol. The second-order valence-electron chi connectivity index (χ2n) is 10.8. The third-order valence-corrected chi connectivity index (χ3v) is 8.07. The Kier molecular flexibility index (Phi) is 7.60. The number of benzene rings is 2. The fraction of sp³-hybridized carbons (Fsp3) is 0.345. The van der Waals surface area contributed by atoms with Crippen LogP contribution in [0.25, 0.3) is 22.6 Å². The van der Waals surface area contributed by atoms with E-state index in [-0.39, 0.29) is 28.5 Å². The van der Waals surface area contributed by atoms with Crippen molar-refractivity contribution in [1.82, 2.24) is 15.0 Å². The van der Waals surface area contributed by atoms with Gasteiger partial charge in [-0.05, 0) is 48.6 Å². The SMILES string of the molecule is Cc1onc(CS(=O)(=O)c2ccccc2-c2ccc(-c3ncco3)cc2CN(C)C(=O)CC(C)(C)C)c1C. The minimum absolute atomic E-state index is 0.00256. The first-order chi connectivity index (χ1) is 17.9. The maximum Gasteiger partial charge on any atom is 0.225 e. The van der Waals surface area contributed by atoms with Gasteiger partial charge in [0.2, 0.25) is 11.8 Å². The van der Waals surface area contributed by atoms with Crippen LogP contribution in [-0.2, 0) is 26.9 Å². The van der Waals surface area contributed by atoms with E-state index in [2.05, 4.69) is 10.1 Å². The third kappa shape index (κ3) is 6.05. The number of oxazole rings is 1. The highest BCUT2D eigenvalue weighted by atomic mass is 32.2. The summed E-state index contributed by atoms with van der Waals surface area (Å²) in [6, 6.07) is 12.5. The van der Waals surface area contributed by atoms with Crippen LogP contribution in [0.3, 0.4) is 0 Å². The minimum atomic E-state index is -3.77. The molecule has 0 aliphatic carbocycles. The Morgan fingerprint density at radius 3 is 2.42 bits per heavy atom. The minimum Gasteiger partial charge on any atom is -0.445 e. The van der Waals surface area contributed by atoms with Gasteiger partial charge in [0, 0.05) is 36.7 Å². The summed E-state index contributed by atoms with van der Waals surface area (Å²) in [6.45, 7) is 9.90. The quantitative estimate of drug-likeness (QED) is 0.273. The van der Waals surface area contributed by atoms with E-state index in [1.54, 1.807) is 56.3 Å². The van der Waals surface area contributed by atoms with E-state index in [4.69, 9.17) is 8.94 Å². The van der Waals surface area contributed by atoms with E-state index in [0.717, 1.165) is 16.7 Å². The molecular formula is C29H33N3O5S. The molecule has 38 heavy (non-hydrogen) atoms. The smallest absolute Gasteiger partial charge is 0.225 e. The monoisotopic (exact) mass is 535 g/mol. The standard InChI is InChI=1S/C29H33N3O5S/c1-19-20(2)37-31-25(19)18-38(34,35)26-10-8-7-9-24(26)23-12-11-21(28-30-13-14-36-28)15-22(23)17-32(6)27(33)16-29(3,4)5/h7-15H,16-18H2,1-6H3. The van der Waals surface area contributed by atoms with E-state index in [1.807, 2.05) is 39.0 Å². The summed E-state index contributed by atoms with van der Waals surface area (Å²) < 4.78 is 38.0. The molecule has 1 amide bonds. The summed E-state index contributed by atoms with van der Waals surface area (Å²) in [6.07, 6.45) is 3.45. The van der Waals surface area contributed by atoms with Gasteiger partial charge in [-0.15, -0.1) is 0 Å². The number of nitrogens with zero attached hydrogens (tertiary/aromatic N) is 3. The van der Waals surface area contributed by atoms with Gasteiger partial charge in [-0.1, -0.05) is 50.2 Å². The lowest BCUT2D eigenvalue weighted by Gasteiger charge is -2.25. The molecule has 0 N–H and O–H groups in total. The summed E-state index contributed by atoms with van der Waals surface area (Å²) in [5.74, 6) is 0.763. The number of carbonyl (C=O) groups excluding carboxylic acids is 1. The molecule has 200 valence electrons. The number of sulfone groups is 1. The van der Waals surface area contributed by atoms with Gasteiger partial charge < -0.3 is 13.8 Å². The Morgan fingerprint density at radius 1 is 1.05 bits per heavy atom. The second-order valence-corrected chi connectivity index (χ2v) is 12.7. The Balaban J connectivity index is 1.79. The molecule has 0 saturated carbocycles. The largest absolute Gasteiger partial charge is 0.445 e. The maximum absolute atomic E-state index is 13.6. The average Bonchev–Trinajstić information content (AvgIpc) is 3.49. The topological polar surface area (TPSA) is 107 Å². The highest BCUT2D eigenvalue weighted by Gasteiger charge is 2.26. The molecule has 2 aromatic carbocycles. The Hall–Kier alpha value is -3.72. The van der Waals surface area contributed by atoms with Crippen molar-refractivity contribution < 1.29 is 22.2 Å². The third-order valence-electron chi connectivity index (χ3n) is 6.39. The van der Waals surface area contributed by atoms with Crippen LogP contribution in [0.15, 0.2) is 68.8 Å². The molecule has 0 aliphatic heterocycles. The van der Waals surface area contributed by atoms with Crippen LogP contribution in [-0.4, -0.2) is 36.4 Å². The van der Waals surface area contributed by atoms with Gasteiger partial charge in [0.05, 0.1) is 11.1 Å². The van der Waals surface area contributed by atoms with Crippen molar-refractivity contribution in [3.05, 3.63) is 77.5 Å². The first-order valence-corrected chi connectivity index (χ1v) is 14.0. The molecule has 0 saturated heterocycles. The zero-order valence-corrected chi connectivity index (χ0v) is 23.4. The lowest BCUT2D eigenvalue weighted by molar-refractivity contribution is -0.132. The van der Waals surface area contributed by atoms with Crippen LogP contribution >= 0.6 is 0 Å². The molecule has 0 bridgehead atoms. The van der Waals surface area contributed by atoms with E-state index in [9.17, 15) is 13.2 Å². The van der Waals surface area contributed by atoms with Gasteiger partial charge in [0.1, 0.15) is 23.5 Å². The number of hydrogen-bond acceptors (Lipinski definition) is 7. The molecule has 0 radical (unpaired) electrons. The molecule has 8 nitrogen and oxygen atoms in total. The van der Waals surface area contributed by atoms with Crippen LogP contribution in [0.4, 0.5) is 0 Å². The summed E-state index contributed by atoms with van der Waals surface area (Å²) in [4.78, 5) is 19.1. The van der Waals surface area contributed by atoms with Gasteiger partial charge in [0.25, 0.3) is 0 Å². The molecular weight excluding hydrogens is 502 g/mol. The van der Waals surface area contributed by atoms with E-state index in [0.29, 0.717) is 34.9 Å². The fourth-order valence-corrected chi connectivity index (χ4v) is 5.82. The highest BCUT2D eigenvalue weighted by Crippen LogP contribution is 2.35. The van der Waals surface area contributed by atoms with Crippen LogP contribution < -0.4 is 0 Å². The molecule has 0 unspecified atom stereocenters. The van der Waals surface area contributed by atoms with Crippen molar-refractivity contribution >= 4 is 15.7 Å². The van der Waals surface area contributed by atoms with Gasteiger partial charge >= 0.3 is 0 Å². The molecule has 2 aromatic heterocycles. The van der Waals surface area contributed by atoms with Crippen LogP contribution in [0.1, 0.15) is 49.8 Å². The predicted octanol–water partition coefficient (Wildman–Crippen LogP) is 5.98. The summed E-state index contributed by atoms with van der Waals surface area (Å²) in [7, 11) is -2.02. The van der Waals surface area contributed by atoms with Crippen LogP contribution in [0.2, 0.25) is 0 Å². The molecule has 0 spiro atoms. The van der Waals surface area contributed by atoms with Crippen LogP contribution in [0, 0.1) is 19.3 Å². The van der Waals surface area contributed by atoms with Crippen molar-refractivity contribution in [2.75, 3.05) is 7.05 Å². The number of aromatic nitrogens is 2. The summed E-state index contributed by atoms with van der Waals surface area (Å²) >= 11 is 0. The Morgan fingerprint density at radius 2 is 1.79 bits per heavy atom. The first-order valence-electron chi connectivity index (χ1n) is 12.4. The number of amides is 1. The van der Waals surface area contributed by atoms with Gasteiger partial charge in [-0.2, -0.15) is 0 Å². The summed E-state index contributed by atoms with van der Waals surface area (Å²) in [5.41, 5.74) is 3.73. The molecule has 4 aromatic rings. The lowest BCUT2D eigenvalue weighted by atomic mass is 9.91. The number of aryl methyl sites for hydroxylation is 1. The Labute approximate surface area is 223 Å². The Bertz CT molecular complexity index is 1550. The normalized spacial score (nSPS) is 12.1. The molecule has 0 aliphatic rings. The highest BCUT2D eigenvalue weighted by molar-refractivity contribution is 7.90. The maximum atomic E-state index is 13.6. The zero-order valence-electron chi connectivity index (χ0n) is 22.6. The molecule has 0 atom stereocenters. The molecule has 9 heteroatoms. The van der Waals surface area contributed by atoms with Crippen molar-refractivity contribution in [2.45, 2.75) is 58.2 Å². The van der Waals surface area contributed by atoms with Crippen molar-refractivity contribution in [3.8, 4) is 22.6 Å². The number of carbonyl (C=O) groups is 1. The molecule has 4 rings (SSSR count). The number of hydrogen-bond donors (Lipinski definition) is 0. The van der Waals surface area contributed by atoms with Gasteiger partial charge in [-0.25, -0.2) is 13.4 Å². The predicted molar refractivity (Wildman–Crippen MR) is 145 cm³/mol. The lowest BCUT2D eigenvalue weighted by Crippen LogP contribution is -2.29. The van der Waals surface area contributed by atoms with Crippen molar-refractivity contribution in [2.24, 2.45) is 5.41 Å². The molecule has 0 fully saturated rings. The summed E-state index contributed by atoms with van der Waals surface area (Å²) in [5, 5.41) is 3.96. The van der Waals surface area contributed by atoms with Gasteiger partial charge in [-0.3, -0.25) is 4.79 Å². The zero-order chi connectivity index (χ0) is 27.7.